The third-order valence-corrected chi connectivity index (χ3v) is 2.84. The van der Waals surface area contributed by atoms with Gasteiger partial charge in [-0.2, -0.15) is 0 Å². The van der Waals surface area contributed by atoms with E-state index in [1.165, 1.54) is 16.7 Å². The number of methoxy groups -OCH3 is 1. The van der Waals surface area contributed by atoms with Gasteiger partial charge in [0, 0.05) is 6.54 Å². The quantitative estimate of drug-likeness (QED) is 0.505. The Morgan fingerprint density at radius 1 is 1.33 bits per heavy atom. The summed E-state index contributed by atoms with van der Waals surface area (Å²) in [5, 5.41) is 3.25. The third-order valence-electron chi connectivity index (χ3n) is 2.44. The van der Waals surface area contributed by atoms with Gasteiger partial charge in [-0.05, 0) is 43.0 Å². The van der Waals surface area contributed by atoms with Gasteiger partial charge in [0.25, 0.3) is 0 Å². The van der Waals surface area contributed by atoms with Crippen molar-refractivity contribution >= 4 is 15.9 Å². The number of hydrogen-bond donors (Lipinski definition) is 1. The standard InChI is InChI=1S/C12H18BrNO/c1-9-6-10(2)11(4-5-14-8-13)12(7-9)15-3/h6-7,14H,4-5,8H2,1-3H3. The monoisotopic (exact) mass is 271 g/mol. The van der Waals surface area contributed by atoms with E-state index in [1.54, 1.807) is 7.11 Å². The van der Waals surface area contributed by atoms with E-state index in [9.17, 15) is 0 Å². The summed E-state index contributed by atoms with van der Waals surface area (Å²) < 4.78 is 5.40. The van der Waals surface area contributed by atoms with E-state index < -0.39 is 0 Å². The first kappa shape index (κ1) is 12.5. The molecule has 0 amide bonds. The minimum absolute atomic E-state index is 0.834. The highest BCUT2D eigenvalue weighted by molar-refractivity contribution is 9.09. The number of aryl methyl sites for hydroxylation is 2. The Kier molecular flexibility index (Phi) is 5.12. The highest BCUT2D eigenvalue weighted by atomic mass is 79.9. The molecule has 3 heteroatoms. The highest BCUT2D eigenvalue weighted by Gasteiger charge is 2.06. The molecule has 1 aromatic carbocycles. The molecule has 1 rings (SSSR count). The largest absolute Gasteiger partial charge is 0.496 e. The van der Waals surface area contributed by atoms with E-state index in [4.69, 9.17) is 4.74 Å². The van der Waals surface area contributed by atoms with Crippen LogP contribution in [0, 0.1) is 13.8 Å². The Labute approximate surface area is 100 Å². The van der Waals surface area contributed by atoms with Crippen LogP contribution < -0.4 is 10.1 Å². The average Bonchev–Trinajstić information content (AvgIpc) is 2.20. The van der Waals surface area contributed by atoms with Crippen molar-refractivity contribution in [2.75, 3.05) is 19.1 Å². The van der Waals surface area contributed by atoms with Gasteiger partial charge in [0.2, 0.25) is 0 Å². The van der Waals surface area contributed by atoms with Crippen LogP contribution in [0.5, 0.6) is 5.75 Å². The molecule has 0 saturated heterocycles. The number of benzene rings is 1. The maximum atomic E-state index is 5.40. The van der Waals surface area contributed by atoms with Gasteiger partial charge in [0.1, 0.15) is 5.75 Å². The fourth-order valence-corrected chi connectivity index (χ4v) is 2.02. The Bertz CT molecular complexity index is 326. The van der Waals surface area contributed by atoms with Gasteiger partial charge >= 0.3 is 0 Å². The number of hydrogen-bond acceptors (Lipinski definition) is 2. The molecule has 0 bridgehead atoms. The molecule has 1 aromatic rings. The first-order valence-corrected chi connectivity index (χ1v) is 6.22. The molecule has 0 saturated carbocycles. The predicted octanol–water partition coefficient (Wildman–Crippen LogP) is 2.80. The fraction of sp³-hybridized carbons (Fsp3) is 0.500. The molecule has 0 radical (unpaired) electrons. The van der Waals surface area contributed by atoms with Gasteiger partial charge in [0.15, 0.2) is 0 Å². The van der Waals surface area contributed by atoms with Crippen LogP contribution >= 0.6 is 15.9 Å². The summed E-state index contributed by atoms with van der Waals surface area (Å²) in [6, 6.07) is 4.29. The summed E-state index contributed by atoms with van der Waals surface area (Å²) in [5.41, 5.74) is 4.70. The zero-order valence-electron chi connectivity index (χ0n) is 9.56. The van der Waals surface area contributed by atoms with Crippen molar-refractivity contribution in [3.8, 4) is 5.75 Å². The predicted molar refractivity (Wildman–Crippen MR) is 68.0 cm³/mol. The number of ether oxygens (including phenoxy) is 1. The van der Waals surface area contributed by atoms with Crippen molar-refractivity contribution in [2.45, 2.75) is 20.3 Å². The molecular formula is C12H18BrNO. The van der Waals surface area contributed by atoms with Crippen molar-refractivity contribution in [1.29, 1.82) is 0 Å². The van der Waals surface area contributed by atoms with Crippen LogP contribution in [0.1, 0.15) is 16.7 Å². The van der Waals surface area contributed by atoms with Gasteiger partial charge in [-0.1, -0.05) is 22.0 Å². The molecule has 1 N–H and O–H groups in total. The molecule has 0 spiro atoms. The number of halogens is 1. The zero-order chi connectivity index (χ0) is 11.3. The van der Waals surface area contributed by atoms with Gasteiger partial charge < -0.3 is 10.1 Å². The first-order valence-electron chi connectivity index (χ1n) is 5.09. The molecular weight excluding hydrogens is 254 g/mol. The van der Waals surface area contributed by atoms with Crippen LogP contribution in [0.4, 0.5) is 0 Å². The van der Waals surface area contributed by atoms with Gasteiger partial charge in [-0.3, -0.25) is 0 Å². The number of nitrogens with one attached hydrogen (secondary N) is 1. The van der Waals surface area contributed by atoms with E-state index in [-0.39, 0.29) is 0 Å². The number of rotatable bonds is 5. The maximum Gasteiger partial charge on any atom is 0.122 e. The Hall–Kier alpha value is -0.540. The lowest BCUT2D eigenvalue weighted by Crippen LogP contribution is -2.15. The van der Waals surface area contributed by atoms with Gasteiger partial charge in [-0.25, -0.2) is 0 Å². The molecule has 0 unspecified atom stereocenters. The number of alkyl halides is 1. The maximum absolute atomic E-state index is 5.40. The molecule has 15 heavy (non-hydrogen) atoms. The van der Waals surface area contributed by atoms with E-state index in [2.05, 4.69) is 47.2 Å². The molecule has 0 aliphatic rings. The summed E-state index contributed by atoms with van der Waals surface area (Å²) in [5.74, 6) is 1.00. The minimum Gasteiger partial charge on any atom is -0.496 e. The second-order valence-corrected chi connectivity index (χ2v) is 4.21. The Morgan fingerprint density at radius 3 is 2.67 bits per heavy atom. The summed E-state index contributed by atoms with van der Waals surface area (Å²) in [6.07, 6.45) is 1.00. The fourth-order valence-electron chi connectivity index (χ4n) is 1.74. The second kappa shape index (κ2) is 6.13. The molecule has 0 aromatic heterocycles. The summed E-state index contributed by atoms with van der Waals surface area (Å²) in [4.78, 5) is 0. The third kappa shape index (κ3) is 3.50. The average molecular weight is 272 g/mol. The molecule has 0 aliphatic carbocycles. The van der Waals surface area contributed by atoms with Crippen LogP contribution in [0.15, 0.2) is 12.1 Å². The van der Waals surface area contributed by atoms with E-state index in [0.29, 0.717) is 0 Å². The van der Waals surface area contributed by atoms with Crippen molar-refractivity contribution in [3.05, 3.63) is 28.8 Å². The highest BCUT2D eigenvalue weighted by Crippen LogP contribution is 2.24. The summed E-state index contributed by atoms with van der Waals surface area (Å²) in [6.45, 7) is 5.19. The molecule has 0 fully saturated rings. The molecule has 0 aliphatic heterocycles. The van der Waals surface area contributed by atoms with Crippen molar-refractivity contribution in [1.82, 2.24) is 5.32 Å². The van der Waals surface area contributed by atoms with Crippen molar-refractivity contribution in [3.63, 3.8) is 0 Å². The van der Waals surface area contributed by atoms with Crippen LogP contribution in [0.25, 0.3) is 0 Å². The van der Waals surface area contributed by atoms with Crippen LogP contribution in [-0.2, 0) is 6.42 Å². The molecule has 0 heterocycles. The smallest absolute Gasteiger partial charge is 0.122 e. The van der Waals surface area contributed by atoms with Crippen molar-refractivity contribution in [2.24, 2.45) is 0 Å². The minimum atomic E-state index is 0.834. The van der Waals surface area contributed by atoms with Crippen LogP contribution in [0.2, 0.25) is 0 Å². The van der Waals surface area contributed by atoms with Crippen LogP contribution in [0.3, 0.4) is 0 Å². The topological polar surface area (TPSA) is 21.3 Å². The lowest BCUT2D eigenvalue weighted by atomic mass is 10.0. The van der Waals surface area contributed by atoms with Crippen LogP contribution in [-0.4, -0.2) is 19.1 Å². The van der Waals surface area contributed by atoms with E-state index in [1.807, 2.05) is 0 Å². The van der Waals surface area contributed by atoms with E-state index >= 15 is 0 Å². The Morgan fingerprint density at radius 2 is 2.07 bits per heavy atom. The molecule has 0 atom stereocenters. The van der Waals surface area contributed by atoms with E-state index in [0.717, 1.165) is 24.2 Å². The SMILES string of the molecule is COc1cc(C)cc(C)c1CCNCBr. The normalized spacial score (nSPS) is 10.4. The zero-order valence-corrected chi connectivity index (χ0v) is 11.1. The first-order chi connectivity index (χ1) is 7.19. The van der Waals surface area contributed by atoms with Gasteiger partial charge in [-0.15, -0.1) is 0 Å². The van der Waals surface area contributed by atoms with Crippen molar-refractivity contribution < 1.29 is 4.74 Å². The molecule has 84 valence electrons. The summed E-state index contributed by atoms with van der Waals surface area (Å²) >= 11 is 3.35. The summed E-state index contributed by atoms with van der Waals surface area (Å²) in [7, 11) is 1.73. The molecule has 2 nitrogen and oxygen atoms in total. The second-order valence-electron chi connectivity index (χ2n) is 3.65. The lowest BCUT2D eigenvalue weighted by molar-refractivity contribution is 0.408. The Balaban J connectivity index is 2.84. The van der Waals surface area contributed by atoms with Gasteiger partial charge in [0.05, 0.1) is 12.6 Å². The lowest BCUT2D eigenvalue weighted by Gasteiger charge is -2.13.